The number of ether oxygens (including phenoxy) is 1. The normalized spacial score (nSPS) is 10.8. The van der Waals surface area contributed by atoms with Crippen LogP contribution < -0.4 is 15.8 Å². The van der Waals surface area contributed by atoms with E-state index in [4.69, 9.17) is 22.1 Å². The molecule has 3 aromatic rings. The SMILES string of the molecule is COc1ccccc1/C=C/c1c(N)ncnc1Nc1cccc(Cl)c1. The first-order valence-electron chi connectivity index (χ1n) is 7.61. The van der Waals surface area contributed by atoms with Gasteiger partial charge in [0.1, 0.15) is 23.7 Å². The third-order valence-corrected chi connectivity index (χ3v) is 3.81. The molecule has 0 amide bonds. The lowest BCUT2D eigenvalue weighted by Gasteiger charge is -2.10. The zero-order valence-corrected chi connectivity index (χ0v) is 14.4. The molecule has 0 saturated heterocycles. The van der Waals surface area contributed by atoms with E-state index in [0.717, 1.165) is 17.0 Å². The van der Waals surface area contributed by atoms with Gasteiger partial charge in [0, 0.05) is 16.3 Å². The van der Waals surface area contributed by atoms with E-state index >= 15 is 0 Å². The molecular formula is C19H17ClN4O. The smallest absolute Gasteiger partial charge is 0.143 e. The van der Waals surface area contributed by atoms with E-state index < -0.39 is 0 Å². The molecule has 2 aromatic carbocycles. The highest BCUT2D eigenvalue weighted by Gasteiger charge is 2.08. The van der Waals surface area contributed by atoms with Crippen LogP contribution >= 0.6 is 11.6 Å². The van der Waals surface area contributed by atoms with Crippen molar-refractivity contribution in [3.05, 3.63) is 71.0 Å². The lowest BCUT2D eigenvalue weighted by atomic mass is 10.1. The third kappa shape index (κ3) is 4.08. The van der Waals surface area contributed by atoms with E-state index in [0.29, 0.717) is 22.2 Å². The molecule has 0 fully saturated rings. The number of anilines is 3. The monoisotopic (exact) mass is 352 g/mol. The number of hydrogen-bond acceptors (Lipinski definition) is 5. The van der Waals surface area contributed by atoms with Gasteiger partial charge in [-0.25, -0.2) is 9.97 Å². The topological polar surface area (TPSA) is 73.1 Å². The first kappa shape index (κ1) is 16.8. The van der Waals surface area contributed by atoms with Gasteiger partial charge in [-0.1, -0.05) is 41.9 Å². The lowest BCUT2D eigenvalue weighted by molar-refractivity contribution is 0.414. The number of rotatable bonds is 5. The van der Waals surface area contributed by atoms with E-state index in [1.807, 2.05) is 60.7 Å². The Hall–Kier alpha value is -3.05. The van der Waals surface area contributed by atoms with E-state index in [1.54, 1.807) is 7.11 Å². The van der Waals surface area contributed by atoms with E-state index in [2.05, 4.69) is 15.3 Å². The van der Waals surface area contributed by atoms with Gasteiger partial charge in [-0.15, -0.1) is 0 Å². The van der Waals surface area contributed by atoms with Crippen LogP contribution in [0.25, 0.3) is 12.2 Å². The summed E-state index contributed by atoms with van der Waals surface area (Å²) < 4.78 is 5.36. The highest BCUT2D eigenvalue weighted by Crippen LogP contribution is 2.27. The third-order valence-electron chi connectivity index (χ3n) is 3.57. The largest absolute Gasteiger partial charge is 0.496 e. The number of methoxy groups -OCH3 is 1. The van der Waals surface area contributed by atoms with E-state index in [-0.39, 0.29) is 0 Å². The maximum Gasteiger partial charge on any atom is 0.143 e. The van der Waals surface area contributed by atoms with Gasteiger partial charge >= 0.3 is 0 Å². The van der Waals surface area contributed by atoms with Crippen LogP contribution in [0.1, 0.15) is 11.1 Å². The van der Waals surface area contributed by atoms with Gasteiger partial charge in [0.25, 0.3) is 0 Å². The number of halogens is 1. The van der Waals surface area contributed by atoms with Crippen LogP contribution in [-0.2, 0) is 0 Å². The summed E-state index contributed by atoms with van der Waals surface area (Å²) in [5, 5.41) is 3.86. The molecule has 0 unspecified atom stereocenters. The summed E-state index contributed by atoms with van der Waals surface area (Å²) in [6.07, 6.45) is 5.19. The number of nitrogens with one attached hydrogen (secondary N) is 1. The Kier molecular flexibility index (Phi) is 5.16. The molecule has 3 N–H and O–H groups in total. The molecule has 126 valence electrons. The predicted molar refractivity (Wildman–Crippen MR) is 103 cm³/mol. The summed E-state index contributed by atoms with van der Waals surface area (Å²) >= 11 is 6.03. The summed E-state index contributed by atoms with van der Waals surface area (Å²) in [6, 6.07) is 15.1. The van der Waals surface area contributed by atoms with Gasteiger partial charge in [-0.2, -0.15) is 0 Å². The Labute approximate surface area is 151 Å². The molecular weight excluding hydrogens is 336 g/mol. The van der Waals surface area contributed by atoms with Crippen molar-refractivity contribution in [2.45, 2.75) is 0 Å². The molecule has 0 atom stereocenters. The van der Waals surface area contributed by atoms with Gasteiger partial charge in [-0.05, 0) is 30.3 Å². The summed E-state index contributed by atoms with van der Waals surface area (Å²) in [7, 11) is 1.64. The maximum atomic E-state index is 6.04. The van der Waals surface area contributed by atoms with Crippen molar-refractivity contribution in [2.24, 2.45) is 0 Å². The zero-order valence-electron chi connectivity index (χ0n) is 13.6. The highest BCUT2D eigenvalue weighted by molar-refractivity contribution is 6.30. The van der Waals surface area contributed by atoms with Crippen molar-refractivity contribution in [3.63, 3.8) is 0 Å². The fourth-order valence-electron chi connectivity index (χ4n) is 2.35. The van der Waals surface area contributed by atoms with Crippen LogP contribution in [0.3, 0.4) is 0 Å². The number of hydrogen-bond donors (Lipinski definition) is 2. The minimum Gasteiger partial charge on any atom is -0.496 e. The van der Waals surface area contributed by atoms with Gasteiger partial charge < -0.3 is 15.8 Å². The fraction of sp³-hybridized carbons (Fsp3) is 0.0526. The number of nitrogen functional groups attached to an aromatic ring is 1. The molecule has 6 heteroatoms. The number of nitrogens with two attached hydrogens (primary N) is 1. The fourth-order valence-corrected chi connectivity index (χ4v) is 2.54. The Bertz CT molecular complexity index is 911. The summed E-state index contributed by atoms with van der Waals surface area (Å²) in [4.78, 5) is 8.36. The first-order valence-corrected chi connectivity index (χ1v) is 7.99. The zero-order chi connectivity index (χ0) is 17.6. The predicted octanol–water partition coefficient (Wildman–Crippen LogP) is 4.63. The quantitative estimate of drug-likeness (QED) is 0.700. The van der Waals surface area contributed by atoms with Crippen molar-refractivity contribution in [2.75, 3.05) is 18.2 Å². The van der Waals surface area contributed by atoms with Gasteiger partial charge in [0.2, 0.25) is 0 Å². The van der Waals surface area contributed by atoms with Crippen LogP contribution in [-0.4, -0.2) is 17.1 Å². The highest BCUT2D eigenvalue weighted by atomic mass is 35.5. The van der Waals surface area contributed by atoms with Crippen molar-refractivity contribution in [1.82, 2.24) is 9.97 Å². The number of nitrogens with zero attached hydrogens (tertiary/aromatic N) is 2. The Morgan fingerprint density at radius 3 is 2.72 bits per heavy atom. The minimum absolute atomic E-state index is 0.380. The molecule has 0 spiro atoms. The van der Waals surface area contributed by atoms with Crippen molar-refractivity contribution in [1.29, 1.82) is 0 Å². The molecule has 1 aromatic heterocycles. The number of aromatic nitrogens is 2. The van der Waals surface area contributed by atoms with Crippen LogP contribution in [0.5, 0.6) is 5.75 Å². The minimum atomic E-state index is 0.380. The van der Waals surface area contributed by atoms with Crippen LogP contribution in [0.15, 0.2) is 54.9 Å². The van der Waals surface area contributed by atoms with Gasteiger partial charge in [0.05, 0.1) is 12.7 Å². The van der Waals surface area contributed by atoms with Crippen molar-refractivity contribution >= 4 is 41.1 Å². The van der Waals surface area contributed by atoms with Crippen molar-refractivity contribution < 1.29 is 4.74 Å². The van der Waals surface area contributed by atoms with Gasteiger partial charge in [0.15, 0.2) is 0 Å². The van der Waals surface area contributed by atoms with Crippen LogP contribution in [0.2, 0.25) is 5.02 Å². The molecule has 25 heavy (non-hydrogen) atoms. The molecule has 5 nitrogen and oxygen atoms in total. The maximum absolute atomic E-state index is 6.04. The number of para-hydroxylation sites is 1. The lowest BCUT2D eigenvalue weighted by Crippen LogP contribution is -2.02. The second-order valence-corrected chi connectivity index (χ2v) is 5.67. The average molecular weight is 353 g/mol. The standard InChI is InChI=1S/C19H17ClN4O/c1-25-17-8-3-2-5-13(17)9-10-16-18(21)22-12-23-19(16)24-15-7-4-6-14(20)11-15/h2-12H,1H3,(H3,21,22,23,24)/b10-9+. The Morgan fingerprint density at radius 2 is 1.92 bits per heavy atom. The average Bonchev–Trinajstić information content (AvgIpc) is 2.61. The van der Waals surface area contributed by atoms with E-state index in [1.165, 1.54) is 6.33 Å². The number of benzene rings is 2. The molecule has 3 rings (SSSR count). The van der Waals surface area contributed by atoms with Gasteiger partial charge in [-0.3, -0.25) is 0 Å². The molecule has 0 radical (unpaired) electrons. The molecule has 0 bridgehead atoms. The molecule has 0 aliphatic heterocycles. The molecule has 0 saturated carbocycles. The first-order chi connectivity index (χ1) is 12.2. The summed E-state index contributed by atoms with van der Waals surface area (Å²) in [6.45, 7) is 0. The van der Waals surface area contributed by atoms with Crippen molar-refractivity contribution in [3.8, 4) is 5.75 Å². The van der Waals surface area contributed by atoms with E-state index in [9.17, 15) is 0 Å². The molecule has 1 heterocycles. The van der Waals surface area contributed by atoms with Crippen LogP contribution in [0.4, 0.5) is 17.3 Å². The Balaban J connectivity index is 1.94. The second kappa shape index (κ2) is 7.68. The summed E-state index contributed by atoms with van der Waals surface area (Å²) in [5.74, 6) is 1.75. The second-order valence-electron chi connectivity index (χ2n) is 5.23. The van der Waals surface area contributed by atoms with Crippen LogP contribution in [0, 0.1) is 0 Å². The molecule has 0 aliphatic carbocycles. The molecule has 0 aliphatic rings. The summed E-state index contributed by atoms with van der Waals surface area (Å²) in [5.41, 5.74) is 8.48. The Morgan fingerprint density at radius 1 is 1.08 bits per heavy atom.